The van der Waals surface area contributed by atoms with Crippen LogP contribution >= 0.6 is 0 Å². The van der Waals surface area contributed by atoms with Crippen LogP contribution in [0.15, 0.2) is 24.3 Å². The van der Waals surface area contributed by atoms with Gasteiger partial charge in [0.05, 0.1) is 11.6 Å². The van der Waals surface area contributed by atoms with Crippen molar-refractivity contribution in [1.82, 2.24) is 5.32 Å². The minimum absolute atomic E-state index is 0.0897. The molecule has 3 rings (SSSR count). The van der Waals surface area contributed by atoms with Gasteiger partial charge in [-0.2, -0.15) is 0 Å². The highest BCUT2D eigenvalue weighted by Crippen LogP contribution is 2.45. The van der Waals surface area contributed by atoms with Gasteiger partial charge in [0.2, 0.25) is 0 Å². The van der Waals surface area contributed by atoms with Gasteiger partial charge in [0.1, 0.15) is 5.82 Å². The van der Waals surface area contributed by atoms with E-state index >= 15 is 0 Å². The van der Waals surface area contributed by atoms with Crippen molar-refractivity contribution in [3.05, 3.63) is 35.6 Å². The predicted molar refractivity (Wildman–Crippen MR) is 64.3 cm³/mol. The van der Waals surface area contributed by atoms with Gasteiger partial charge < -0.3 is 10.1 Å². The summed E-state index contributed by atoms with van der Waals surface area (Å²) in [6.45, 7) is 0. The summed E-state index contributed by atoms with van der Waals surface area (Å²) in [5, 5.41) is 3.60. The Kier molecular flexibility index (Phi) is 2.68. The number of piperidine rings is 1. The van der Waals surface area contributed by atoms with Gasteiger partial charge in [-0.15, -0.1) is 0 Å². The fourth-order valence-corrected chi connectivity index (χ4v) is 3.53. The predicted octanol–water partition coefficient (Wildman–Crippen LogP) is 2.58. The van der Waals surface area contributed by atoms with Gasteiger partial charge in [-0.25, -0.2) is 4.39 Å². The van der Waals surface area contributed by atoms with E-state index in [1.54, 1.807) is 19.2 Å². The molecule has 2 heterocycles. The van der Waals surface area contributed by atoms with E-state index in [-0.39, 0.29) is 17.5 Å². The zero-order chi connectivity index (χ0) is 11.9. The number of hydrogen-bond donors (Lipinski definition) is 1. The molecule has 0 saturated carbocycles. The SMILES string of the molecule is COC1CC2CCCC1(c1ccccc1F)N2. The quantitative estimate of drug-likeness (QED) is 0.850. The lowest BCUT2D eigenvalue weighted by atomic mass is 9.81. The average molecular weight is 235 g/mol. The number of benzene rings is 1. The monoisotopic (exact) mass is 235 g/mol. The van der Waals surface area contributed by atoms with Crippen LogP contribution in [-0.2, 0) is 10.3 Å². The molecular formula is C14H18FNO. The first-order chi connectivity index (χ1) is 8.26. The normalized spacial score (nSPS) is 36.1. The maximum Gasteiger partial charge on any atom is 0.128 e. The summed E-state index contributed by atoms with van der Waals surface area (Å²) in [6.07, 6.45) is 4.36. The summed E-state index contributed by atoms with van der Waals surface area (Å²) in [6, 6.07) is 7.56. The van der Waals surface area contributed by atoms with E-state index in [4.69, 9.17) is 4.74 Å². The lowest BCUT2D eigenvalue weighted by Crippen LogP contribution is -2.49. The third kappa shape index (κ3) is 1.60. The zero-order valence-electron chi connectivity index (χ0n) is 10.1. The highest BCUT2D eigenvalue weighted by atomic mass is 19.1. The molecule has 2 aliphatic heterocycles. The Morgan fingerprint density at radius 2 is 2.24 bits per heavy atom. The van der Waals surface area contributed by atoms with Crippen molar-refractivity contribution in [2.24, 2.45) is 0 Å². The third-order valence-corrected chi connectivity index (χ3v) is 4.27. The largest absolute Gasteiger partial charge is 0.379 e. The van der Waals surface area contributed by atoms with Gasteiger partial charge in [-0.05, 0) is 31.7 Å². The van der Waals surface area contributed by atoms with E-state index in [1.165, 1.54) is 6.42 Å². The van der Waals surface area contributed by atoms with Crippen LogP contribution < -0.4 is 5.32 Å². The molecule has 2 fully saturated rings. The number of halogens is 1. The second-order valence-electron chi connectivity index (χ2n) is 5.14. The molecule has 0 amide bonds. The fraction of sp³-hybridized carbons (Fsp3) is 0.571. The van der Waals surface area contributed by atoms with Gasteiger partial charge >= 0.3 is 0 Å². The van der Waals surface area contributed by atoms with Crippen LogP contribution in [0.3, 0.4) is 0 Å². The summed E-state index contributed by atoms with van der Waals surface area (Å²) in [4.78, 5) is 0. The summed E-state index contributed by atoms with van der Waals surface area (Å²) in [7, 11) is 1.73. The molecule has 92 valence electrons. The minimum Gasteiger partial charge on any atom is -0.379 e. The molecule has 2 aliphatic rings. The van der Waals surface area contributed by atoms with Crippen LogP contribution in [0.25, 0.3) is 0 Å². The molecule has 1 N–H and O–H groups in total. The molecule has 0 spiro atoms. The highest BCUT2D eigenvalue weighted by molar-refractivity contribution is 5.31. The fourth-order valence-electron chi connectivity index (χ4n) is 3.53. The minimum atomic E-state index is -0.303. The summed E-state index contributed by atoms with van der Waals surface area (Å²) < 4.78 is 19.6. The molecule has 2 nitrogen and oxygen atoms in total. The first-order valence-corrected chi connectivity index (χ1v) is 6.32. The van der Waals surface area contributed by atoms with Gasteiger partial charge in [0.25, 0.3) is 0 Å². The van der Waals surface area contributed by atoms with Crippen LogP contribution in [0.2, 0.25) is 0 Å². The average Bonchev–Trinajstić information content (AvgIpc) is 2.61. The molecule has 3 unspecified atom stereocenters. The molecule has 0 radical (unpaired) electrons. The zero-order valence-corrected chi connectivity index (χ0v) is 10.1. The van der Waals surface area contributed by atoms with Crippen LogP contribution in [0, 0.1) is 5.82 Å². The van der Waals surface area contributed by atoms with Crippen LogP contribution in [0.1, 0.15) is 31.2 Å². The van der Waals surface area contributed by atoms with Crippen molar-refractivity contribution in [3.8, 4) is 0 Å². The first kappa shape index (κ1) is 11.2. The van der Waals surface area contributed by atoms with Crippen molar-refractivity contribution >= 4 is 0 Å². The van der Waals surface area contributed by atoms with Crippen LogP contribution in [-0.4, -0.2) is 19.3 Å². The molecule has 1 aromatic carbocycles. The van der Waals surface area contributed by atoms with Crippen LogP contribution in [0.4, 0.5) is 4.39 Å². The molecule has 0 aliphatic carbocycles. The summed E-state index contributed by atoms with van der Waals surface area (Å²) >= 11 is 0. The standard InChI is InChI=1S/C14H18FNO/c1-17-13-9-10-5-4-8-14(13,16-10)11-6-2-3-7-12(11)15/h2-3,6-7,10,13,16H,4-5,8-9H2,1H3. The Bertz CT molecular complexity index is 422. The van der Waals surface area contributed by atoms with E-state index in [9.17, 15) is 4.39 Å². The van der Waals surface area contributed by atoms with E-state index in [1.807, 2.05) is 12.1 Å². The highest BCUT2D eigenvalue weighted by Gasteiger charge is 2.51. The van der Waals surface area contributed by atoms with Crippen molar-refractivity contribution < 1.29 is 9.13 Å². The topological polar surface area (TPSA) is 21.3 Å². The Labute approximate surface area is 101 Å². The van der Waals surface area contributed by atoms with Gasteiger partial charge in [0.15, 0.2) is 0 Å². The van der Waals surface area contributed by atoms with Crippen molar-refractivity contribution in [1.29, 1.82) is 0 Å². The maximum absolute atomic E-state index is 14.0. The molecule has 3 atom stereocenters. The Morgan fingerprint density at radius 1 is 1.41 bits per heavy atom. The lowest BCUT2D eigenvalue weighted by molar-refractivity contribution is 0.0375. The third-order valence-electron chi connectivity index (χ3n) is 4.27. The van der Waals surface area contributed by atoms with E-state index in [0.717, 1.165) is 24.8 Å². The number of ether oxygens (including phenoxy) is 1. The van der Waals surface area contributed by atoms with Crippen molar-refractivity contribution in [3.63, 3.8) is 0 Å². The number of rotatable bonds is 2. The Hall–Kier alpha value is -0.930. The smallest absolute Gasteiger partial charge is 0.128 e. The van der Waals surface area contributed by atoms with Crippen molar-refractivity contribution in [2.75, 3.05) is 7.11 Å². The molecule has 2 saturated heterocycles. The molecule has 0 aromatic heterocycles. The maximum atomic E-state index is 14.0. The number of fused-ring (bicyclic) bond motifs is 2. The second kappa shape index (κ2) is 4.07. The second-order valence-corrected chi connectivity index (χ2v) is 5.14. The lowest BCUT2D eigenvalue weighted by Gasteiger charge is -2.38. The van der Waals surface area contributed by atoms with Gasteiger partial charge in [0, 0.05) is 18.7 Å². The van der Waals surface area contributed by atoms with Crippen molar-refractivity contribution in [2.45, 2.75) is 43.4 Å². The number of methoxy groups -OCH3 is 1. The Balaban J connectivity index is 2.06. The molecular weight excluding hydrogens is 217 g/mol. The number of hydrogen-bond acceptors (Lipinski definition) is 2. The summed E-state index contributed by atoms with van der Waals surface area (Å²) in [5.41, 5.74) is 0.470. The van der Waals surface area contributed by atoms with Gasteiger partial charge in [-0.1, -0.05) is 18.2 Å². The van der Waals surface area contributed by atoms with E-state index in [0.29, 0.717) is 6.04 Å². The Morgan fingerprint density at radius 3 is 3.00 bits per heavy atom. The van der Waals surface area contributed by atoms with Gasteiger partial charge in [-0.3, -0.25) is 0 Å². The van der Waals surface area contributed by atoms with E-state index < -0.39 is 0 Å². The molecule has 2 bridgehead atoms. The first-order valence-electron chi connectivity index (χ1n) is 6.32. The van der Waals surface area contributed by atoms with Crippen LogP contribution in [0.5, 0.6) is 0 Å². The molecule has 17 heavy (non-hydrogen) atoms. The number of nitrogens with one attached hydrogen (secondary N) is 1. The molecule has 3 heteroatoms. The summed E-state index contributed by atoms with van der Waals surface area (Å²) in [5.74, 6) is -0.121. The molecule has 1 aromatic rings. The van der Waals surface area contributed by atoms with E-state index in [2.05, 4.69) is 5.32 Å².